The number of aromatic nitrogens is 6. The number of rotatable bonds is 4. The molecule has 0 atom stereocenters. The highest BCUT2D eigenvalue weighted by Gasteiger charge is 2.13. The van der Waals surface area contributed by atoms with Crippen molar-refractivity contribution in [2.45, 2.75) is 31.7 Å². The number of hydrogen-bond donors (Lipinski definition) is 0. The maximum Gasteiger partial charge on any atom is 0.214 e. The van der Waals surface area contributed by atoms with E-state index in [0.29, 0.717) is 5.75 Å². The normalized spacial score (nSPS) is 11.3. The first-order valence-electron chi connectivity index (χ1n) is 8.04. The quantitative estimate of drug-likeness (QED) is 0.527. The van der Waals surface area contributed by atoms with Gasteiger partial charge < -0.3 is 4.40 Å². The zero-order chi connectivity index (χ0) is 17.4. The lowest BCUT2D eigenvalue weighted by Crippen LogP contribution is -2.02. The first-order chi connectivity index (χ1) is 12.1. The third kappa shape index (κ3) is 3.02. The fourth-order valence-electron chi connectivity index (χ4n) is 2.78. The van der Waals surface area contributed by atoms with Gasteiger partial charge in [-0.15, -0.1) is 5.10 Å². The summed E-state index contributed by atoms with van der Waals surface area (Å²) in [5, 5.41) is 13.0. The number of thioether (sulfide) groups is 1. The molecule has 1 aromatic carbocycles. The van der Waals surface area contributed by atoms with E-state index in [1.807, 2.05) is 12.3 Å². The van der Waals surface area contributed by atoms with Crippen LogP contribution in [-0.2, 0) is 5.75 Å². The second-order valence-electron chi connectivity index (χ2n) is 6.11. The van der Waals surface area contributed by atoms with Crippen LogP contribution in [0.3, 0.4) is 0 Å². The Hall–Kier alpha value is -2.67. The van der Waals surface area contributed by atoms with Gasteiger partial charge in [0.15, 0.2) is 0 Å². The number of tetrazole rings is 1. The smallest absolute Gasteiger partial charge is 0.214 e. The molecule has 0 radical (unpaired) electrons. The Kier molecular flexibility index (Phi) is 4.01. The SMILES string of the molecule is Cc1ccc(C)c(-n2nnnc2SCc2cn3cccc(C)c3n2)c1. The lowest BCUT2D eigenvalue weighted by Gasteiger charge is -2.08. The van der Waals surface area contributed by atoms with Gasteiger partial charge in [0.2, 0.25) is 5.16 Å². The maximum absolute atomic E-state index is 4.71. The zero-order valence-electron chi connectivity index (χ0n) is 14.3. The number of fused-ring (bicyclic) bond motifs is 1. The highest BCUT2D eigenvalue weighted by atomic mass is 32.2. The molecule has 7 heteroatoms. The Balaban J connectivity index is 1.60. The highest BCUT2D eigenvalue weighted by Crippen LogP contribution is 2.24. The summed E-state index contributed by atoms with van der Waals surface area (Å²) in [6.07, 6.45) is 4.07. The first kappa shape index (κ1) is 15.8. The van der Waals surface area contributed by atoms with Crippen molar-refractivity contribution in [3.8, 4) is 5.69 Å². The number of imidazole rings is 1. The number of nitrogens with zero attached hydrogens (tertiary/aromatic N) is 6. The van der Waals surface area contributed by atoms with Crippen LogP contribution in [-0.4, -0.2) is 29.6 Å². The van der Waals surface area contributed by atoms with Crippen LogP contribution in [0, 0.1) is 20.8 Å². The standard InChI is InChI=1S/C18H18N6S/c1-12-6-7-13(2)16(9-12)24-18(20-21-22-24)25-11-15-10-23-8-4-5-14(3)17(23)19-15/h4-10H,11H2,1-3H3. The van der Waals surface area contributed by atoms with E-state index in [0.717, 1.165) is 27.7 Å². The third-order valence-electron chi connectivity index (χ3n) is 4.11. The van der Waals surface area contributed by atoms with Gasteiger partial charge in [0, 0.05) is 18.1 Å². The molecular formula is C18H18N6S. The second-order valence-corrected chi connectivity index (χ2v) is 7.05. The van der Waals surface area contributed by atoms with Gasteiger partial charge in [-0.2, -0.15) is 4.68 Å². The van der Waals surface area contributed by atoms with Crippen LogP contribution in [0.4, 0.5) is 0 Å². The Morgan fingerprint density at radius 1 is 1.08 bits per heavy atom. The van der Waals surface area contributed by atoms with Crippen molar-refractivity contribution in [2.24, 2.45) is 0 Å². The largest absolute Gasteiger partial charge is 0.307 e. The van der Waals surface area contributed by atoms with Gasteiger partial charge in [-0.25, -0.2) is 4.98 Å². The summed E-state index contributed by atoms with van der Waals surface area (Å²) in [5.74, 6) is 0.715. The minimum atomic E-state index is 0.715. The van der Waals surface area contributed by atoms with Crippen LogP contribution in [0.5, 0.6) is 0 Å². The average Bonchev–Trinajstić information content (AvgIpc) is 3.22. The summed E-state index contributed by atoms with van der Waals surface area (Å²) >= 11 is 1.59. The van der Waals surface area contributed by atoms with Crippen molar-refractivity contribution in [1.82, 2.24) is 29.6 Å². The molecule has 0 N–H and O–H groups in total. The van der Waals surface area contributed by atoms with Crippen molar-refractivity contribution >= 4 is 17.4 Å². The molecule has 0 aliphatic heterocycles. The van der Waals surface area contributed by atoms with E-state index in [1.165, 1.54) is 11.1 Å². The fraction of sp³-hybridized carbons (Fsp3) is 0.222. The van der Waals surface area contributed by atoms with Crippen LogP contribution in [0.15, 0.2) is 47.9 Å². The molecule has 126 valence electrons. The van der Waals surface area contributed by atoms with E-state index < -0.39 is 0 Å². The molecular weight excluding hydrogens is 332 g/mol. The van der Waals surface area contributed by atoms with Crippen LogP contribution >= 0.6 is 11.8 Å². The molecule has 3 heterocycles. The molecule has 0 aliphatic carbocycles. The summed E-state index contributed by atoms with van der Waals surface area (Å²) in [5.41, 5.74) is 6.50. The molecule has 4 rings (SSSR count). The average molecular weight is 350 g/mol. The summed E-state index contributed by atoms with van der Waals surface area (Å²) in [6.45, 7) is 6.20. The van der Waals surface area contributed by atoms with Crippen molar-refractivity contribution in [2.75, 3.05) is 0 Å². The lowest BCUT2D eigenvalue weighted by molar-refractivity contribution is 0.751. The molecule has 0 saturated carbocycles. The molecule has 0 bridgehead atoms. The van der Waals surface area contributed by atoms with Crippen LogP contribution in [0.1, 0.15) is 22.4 Å². The number of pyridine rings is 1. The predicted molar refractivity (Wildman–Crippen MR) is 98.1 cm³/mol. The summed E-state index contributed by atoms with van der Waals surface area (Å²) < 4.78 is 3.85. The monoisotopic (exact) mass is 350 g/mol. The van der Waals surface area contributed by atoms with Gasteiger partial charge in [-0.05, 0) is 60.0 Å². The predicted octanol–water partition coefficient (Wildman–Crippen LogP) is 3.53. The van der Waals surface area contributed by atoms with Crippen LogP contribution < -0.4 is 0 Å². The van der Waals surface area contributed by atoms with E-state index in [-0.39, 0.29) is 0 Å². The molecule has 3 aromatic heterocycles. The van der Waals surface area contributed by atoms with Crippen LogP contribution in [0.2, 0.25) is 0 Å². The lowest BCUT2D eigenvalue weighted by atomic mass is 10.1. The van der Waals surface area contributed by atoms with Gasteiger partial charge in [-0.1, -0.05) is 30.0 Å². The topological polar surface area (TPSA) is 60.9 Å². The summed E-state index contributed by atoms with van der Waals surface area (Å²) in [6, 6.07) is 10.4. The maximum atomic E-state index is 4.71. The summed E-state index contributed by atoms with van der Waals surface area (Å²) in [7, 11) is 0. The van der Waals surface area contributed by atoms with Crippen LogP contribution in [0.25, 0.3) is 11.3 Å². The molecule has 25 heavy (non-hydrogen) atoms. The first-order valence-corrected chi connectivity index (χ1v) is 9.02. The van der Waals surface area contributed by atoms with Crippen molar-refractivity contribution < 1.29 is 0 Å². The second kappa shape index (κ2) is 6.33. The highest BCUT2D eigenvalue weighted by molar-refractivity contribution is 7.98. The van der Waals surface area contributed by atoms with E-state index in [4.69, 9.17) is 4.98 Å². The molecule has 0 unspecified atom stereocenters. The Morgan fingerprint density at radius 2 is 1.96 bits per heavy atom. The van der Waals surface area contributed by atoms with Gasteiger partial charge in [0.25, 0.3) is 0 Å². The van der Waals surface area contributed by atoms with Gasteiger partial charge in [0.05, 0.1) is 11.4 Å². The molecule has 0 aliphatic rings. The number of benzene rings is 1. The summed E-state index contributed by atoms with van der Waals surface area (Å²) in [4.78, 5) is 4.71. The Morgan fingerprint density at radius 3 is 2.80 bits per heavy atom. The molecule has 0 saturated heterocycles. The minimum Gasteiger partial charge on any atom is -0.307 e. The van der Waals surface area contributed by atoms with Gasteiger partial charge in [0.1, 0.15) is 5.65 Å². The molecule has 4 aromatic rings. The van der Waals surface area contributed by atoms with Gasteiger partial charge in [-0.3, -0.25) is 0 Å². The number of aryl methyl sites for hydroxylation is 3. The van der Waals surface area contributed by atoms with Gasteiger partial charge >= 0.3 is 0 Å². The Bertz CT molecular complexity index is 1050. The van der Waals surface area contributed by atoms with E-state index in [1.54, 1.807) is 16.4 Å². The molecule has 0 spiro atoms. The minimum absolute atomic E-state index is 0.715. The van der Waals surface area contributed by atoms with Crippen molar-refractivity contribution in [3.05, 3.63) is 65.1 Å². The molecule has 0 fully saturated rings. The Labute approximate surface area is 149 Å². The van der Waals surface area contributed by atoms with E-state index >= 15 is 0 Å². The number of hydrogen-bond acceptors (Lipinski definition) is 5. The molecule has 0 amide bonds. The zero-order valence-corrected chi connectivity index (χ0v) is 15.2. The van der Waals surface area contributed by atoms with Crippen molar-refractivity contribution in [3.63, 3.8) is 0 Å². The fourth-order valence-corrected chi connectivity index (χ4v) is 3.55. The molecule has 6 nitrogen and oxygen atoms in total. The van der Waals surface area contributed by atoms with Crippen molar-refractivity contribution in [1.29, 1.82) is 0 Å². The third-order valence-corrected chi connectivity index (χ3v) is 5.06. The van der Waals surface area contributed by atoms with E-state index in [2.05, 4.69) is 71.2 Å². The van der Waals surface area contributed by atoms with E-state index in [9.17, 15) is 0 Å².